The topological polar surface area (TPSA) is 49.4 Å². The minimum Gasteiger partial charge on any atom is -0.352 e. The zero-order valence-corrected chi connectivity index (χ0v) is 15.3. The van der Waals surface area contributed by atoms with Gasteiger partial charge in [0.05, 0.1) is 5.92 Å². The second-order valence-electron chi connectivity index (χ2n) is 8.07. The Balaban J connectivity index is 1.46. The monoisotopic (exact) mass is 352 g/mol. The first kappa shape index (κ1) is 17.3. The van der Waals surface area contributed by atoms with Gasteiger partial charge in [-0.1, -0.05) is 49.2 Å². The van der Waals surface area contributed by atoms with E-state index in [2.05, 4.69) is 36.2 Å². The molecule has 1 aliphatic heterocycles. The van der Waals surface area contributed by atoms with Crippen LogP contribution in [0.15, 0.2) is 43.0 Å². The van der Waals surface area contributed by atoms with Crippen LogP contribution in [0.25, 0.3) is 0 Å². The number of benzene rings is 1. The van der Waals surface area contributed by atoms with Gasteiger partial charge < -0.3 is 10.2 Å². The van der Waals surface area contributed by atoms with Gasteiger partial charge in [-0.2, -0.15) is 0 Å². The van der Waals surface area contributed by atoms with E-state index in [0.717, 1.165) is 0 Å². The fraction of sp³-hybridized carbons (Fsp3) is 0.545. The van der Waals surface area contributed by atoms with Gasteiger partial charge >= 0.3 is 0 Å². The zero-order chi connectivity index (χ0) is 18.1. The summed E-state index contributed by atoms with van der Waals surface area (Å²) >= 11 is 0. The van der Waals surface area contributed by atoms with Crippen molar-refractivity contribution in [2.24, 2.45) is 17.8 Å². The van der Waals surface area contributed by atoms with Gasteiger partial charge in [-0.25, -0.2) is 0 Å². The fourth-order valence-electron chi connectivity index (χ4n) is 5.36. The number of carbonyl (C=O) groups excluding carboxylic acids is 2. The lowest BCUT2D eigenvalue weighted by molar-refractivity contribution is -0.130. The second-order valence-corrected chi connectivity index (χ2v) is 8.07. The lowest BCUT2D eigenvalue weighted by atomic mass is 9.53. The maximum Gasteiger partial charge on any atom is 0.225 e. The van der Waals surface area contributed by atoms with Gasteiger partial charge in [-0.15, -0.1) is 6.58 Å². The molecule has 4 rings (SSSR count). The van der Waals surface area contributed by atoms with Gasteiger partial charge in [0.25, 0.3) is 0 Å². The molecular formula is C22H28N2O2. The Morgan fingerprint density at radius 2 is 1.92 bits per heavy atom. The highest BCUT2D eigenvalue weighted by atomic mass is 16.2. The predicted molar refractivity (Wildman–Crippen MR) is 101 cm³/mol. The molecule has 2 amide bonds. The molecule has 1 saturated heterocycles. The number of nitrogens with one attached hydrogen (secondary N) is 1. The Morgan fingerprint density at radius 1 is 1.19 bits per heavy atom. The third-order valence-electron chi connectivity index (χ3n) is 6.61. The quantitative estimate of drug-likeness (QED) is 0.828. The summed E-state index contributed by atoms with van der Waals surface area (Å²) in [6, 6.07) is 10.8. The van der Waals surface area contributed by atoms with Crippen molar-refractivity contribution in [1.82, 2.24) is 10.2 Å². The summed E-state index contributed by atoms with van der Waals surface area (Å²) in [7, 11) is 0. The number of hydrogen-bond donors (Lipinski definition) is 1. The third-order valence-corrected chi connectivity index (χ3v) is 6.61. The van der Waals surface area contributed by atoms with Crippen LogP contribution in [0.1, 0.15) is 43.6 Å². The number of carbonyl (C=O) groups is 2. The lowest BCUT2D eigenvalue weighted by Gasteiger charge is -2.55. The van der Waals surface area contributed by atoms with E-state index in [1.165, 1.54) is 31.2 Å². The molecule has 138 valence electrons. The first-order chi connectivity index (χ1) is 12.7. The lowest BCUT2D eigenvalue weighted by Crippen LogP contribution is -2.60. The van der Waals surface area contributed by atoms with Crippen molar-refractivity contribution in [3.8, 4) is 0 Å². The third kappa shape index (κ3) is 3.06. The summed E-state index contributed by atoms with van der Waals surface area (Å²) in [5.74, 6) is 1.61. The molecule has 26 heavy (non-hydrogen) atoms. The Kier molecular flexibility index (Phi) is 4.84. The molecule has 1 N–H and O–H groups in total. The van der Waals surface area contributed by atoms with Crippen LogP contribution in [0.2, 0.25) is 0 Å². The molecule has 0 radical (unpaired) electrons. The number of rotatable bonds is 5. The minimum absolute atomic E-state index is 0.0554. The SMILES string of the molecule is C=CCN1C[C@H](C(=O)N[C@@H]2[C@H]3CCCC[C@@H]3[C@H]2c2ccccc2)CC1=O. The molecule has 1 heterocycles. The average Bonchev–Trinajstić information content (AvgIpc) is 3.02. The molecular weight excluding hydrogens is 324 g/mol. The summed E-state index contributed by atoms with van der Waals surface area (Å²) in [6.07, 6.45) is 7.11. The van der Waals surface area contributed by atoms with Gasteiger partial charge in [-0.3, -0.25) is 9.59 Å². The molecule has 0 spiro atoms. The van der Waals surface area contributed by atoms with Crippen molar-refractivity contribution in [3.63, 3.8) is 0 Å². The summed E-state index contributed by atoms with van der Waals surface area (Å²) < 4.78 is 0. The van der Waals surface area contributed by atoms with E-state index < -0.39 is 0 Å². The smallest absolute Gasteiger partial charge is 0.225 e. The summed E-state index contributed by atoms with van der Waals surface area (Å²) in [5.41, 5.74) is 1.34. The van der Waals surface area contributed by atoms with E-state index in [1.54, 1.807) is 11.0 Å². The van der Waals surface area contributed by atoms with E-state index in [4.69, 9.17) is 0 Å². The maximum atomic E-state index is 12.9. The number of hydrogen-bond acceptors (Lipinski definition) is 2. The van der Waals surface area contributed by atoms with E-state index in [-0.39, 0.29) is 23.8 Å². The summed E-state index contributed by atoms with van der Waals surface area (Å²) in [5, 5.41) is 3.35. The first-order valence-corrected chi connectivity index (χ1v) is 9.93. The van der Waals surface area contributed by atoms with Crippen LogP contribution in [0, 0.1) is 17.8 Å². The number of nitrogens with zero attached hydrogens (tertiary/aromatic N) is 1. The van der Waals surface area contributed by atoms with Crippen LogP contribution in [0.4, 0.5) is 0 Å². The molecule has 3 fully saturated rings. The molecule has 4 heteroatoms. The standard InChI is InChI=1S/C22H28N2O2/c1-2-12-24-14-16(13-19(24)25)22(26)23-21-18-11-7-6-10-17(18)20(21)15-8-4-3-5-9-15/h2-5,8-9,16-18,20-21H,1,6-7,10-14H2,(H,23,26)/t16-,17+,18+,20-,21-/m1/s1. The number of fused-ring (bicyclic) bond motifs is 1. The van der Waals surface area contributed by atoms with E-state index >= 15 is 0 Å². The predicted octanol–water partition coefficient (Wildman–Crippen LogP) is 3.11. The van der Waals surface area contributed by atoms with E-state index in [9.17, 15) is 9.59 Å². The molecule has 4 nitrogen and oxygen atoms in total. The molecule has 1 aromatic rings. The van der Waals surface area contributed by atoms with Gasteiger partial charge in [0.1, 0.15) is 0 Å². The highest BCUT2D eigenvalue weighted by Crippen LogP contribution is 2.54. The van der Waals surface area contributed by atoms with Gasteiger partial charge in [-0.05, 0) is 30.2 Å². The van der Waals surface area contributed by atoms with Gasteiger partial charge in [0.15, 0.2) is 0 Å². The van der Waals surface area contributed by atoms with Crippen molar-refractivity contribution in [3.05, 3.63) is 48.6 Å². The van der Waals surface area contributed by atoms with Crippen molar-refractivity contribution in [2.45, 2.75) is 44.1 Å². The maximum absolute atomic E-state index is 12.9. The Labute approximate surface area is 155 Å². The van der Waals surface area contributed by atoms with Crippen LogP contribution in [-0.2, 0) is 9.59 Å². The molecule has 0 aromatic heterocycles. The van der Waals surface area contributed by atoms with Crippen molar-refractivity contribution in [2.75, 3.05) is 13.1 Å². The number of likely N-dealkylation sites (tertiary alicyclic amines) is 1. The normalized spacial score (nSPS) is 33.3. The van der Waals surface area contributed by atoms with Crippen LogP contribution < -0.4 is 5.32 Å². The Hall–Kier alpha value is -2.10. The molecule has 2 saturated carbocycles. The van der Waals surface area contributed by atoms with Crippen LogP contribution >= 0.6 is 0 Å². The van der Waals surface area contributed by atoms with Gasteiger partial charge in [0.2, 0.25) is 11.8 Å². The summed E-state index contributed by atoms with van der Waals surface area (Å²) in [4.78, 5) is 26.7. The van der Waals surface area contributed by atoms with Crippen molar-refractivity contribution < 1.29 is 9.59 Å². The average molecular weight is 352 g/mol. The Morgan fingerprint density at radius 3 is 2.65 bits per heavy atom. The van der Waals surface area contributed by atoms with Crippen molar-refractivity contribution >= 4 is 11.8 Å². The van der Waals surface area contributed by atoms with Crippen molar-refractivity contribution in [1.29, 1.82) is 0 Å². The molecule has 0 bridgehead atoms. The van der Waals surface area contributed by atoms with Crippen LogP contribution in [-0.4, -0.2) is 35.8 Å². The number of amides is 2. The highest BCUT2D eigenvalue weighted by Gasteiger charge is 2.52. The Bertz CT molecular complexity index is 687. The molecule has 2 aliphatic carbocycles. The van der Waals surface area contributed by atoms with E-state index in [1.807, 2.05) is 6.07 Å². The fourth-order valence-corrected chi connectivity index (χ4v) is 5.36. The second kappa shape index (κ2) is 7.26. The highest BCUT2D eigenvalue weighted by molar-refractivity contribution is 5.89. The molecule has 3 aliphatic rings. The summed E-state index contributed by atoms with van der Waals surface area (Å²) in [6.45, 7) is 4.75. The minimum atomic E-state index is -0.221. The van der Waals surface area contributed by atoms with Gasteiger partial charge in [0, 0.05) is 31.5 Å². The zero-order valence-electron chi connectivity index (χ0n) is 15.3. The van der Waals surface area contributed by atoms with Crippen LogP contribution in [0.5, 0.6) is 0 Å². The van der Waals surface area contributed by atoms with Crippen LogP contribution in [0.3, 0.4) is 0 Å². The van der Waals surface area contributed by atoms with E-state index in [0.29, 0.717) is 37.3 Å². The largest absolute Gasteiger partial charge is 0.352 e. The molecule has 0 unspecified atom stereocenters. The molecule has 1 aromatic carbocycles. The molecule has 5 atom stereocenters. The first-order valence-electron chi connectivity index (χ1n) is 9.93.